The lowest BCUT2D eigenvalue weighted by Gasteiger charge is -2.32. The minimum Gasteiger partial charge on any atom is -0.481 e. The number of urea groups is 1. The van der Waals surface area contributed by atoms with Gasteiger partial charge in [0, 0.05) is 37.8 Å². The summed E-state index contributed by atoms with van der Waals surface area (Å²) >= 11 is 0. The SMILES string of the molecule is O=C(O)CCNC(=O)N1CCC(c2ccc3c(n2)NCCC3)CC1. The zero-order chi connectivity index (χ0) is 16.9. The first kappa shape index (κ1) is 16.5. The molecule has 2 amide bonds. The average Bonchev–Trinajstić information content (AvgIpc) is 2.61. The number of carboxylic acids is 1. The number of aliphatic carboxylic acids is 1. The van der Waals surface area contributed by atoms with Crippen molar-refractivity contribution in [3.8, 4) is 0 Å². The number of pyridine rings is 1. The van der Waals surface area contributed by atoms with Crippen molar-refractivity contribution < 1.29 is 14.7 Å². The van der Waals surface area contributed by atoms with Gasteiger partial charge in [0.25, 0.3) is 0 Å². The number of nitrogens with zero attached hydrogens (tertiary/aromatic N) is 2. The molecule has 0 aliphatic carbocycles. The summed E-state index contributed by atoms with van der Waals surface area (Å²) in [7, 11) is 0. The van der Waals surface area contributed by atoms with Gasteiger partial charge in [-0.1, -0.05) is 6.07 Å². The van der Waals surface area contributed by atoms with Crippen LogP contribution in [0.5, 0.6) is 0 Å². The fourth-order valence-electron chi connectivity index (χ4n) is 3.34. The van der Waals surface area contributed by atoms with E-state index in [4.69, 9.17) is 10.1 Å². The molecule has 0 spiro atoms. The van der Waals surface area contributed by atoms with Gasteiger partial charge in [-0.2, -0.15) is 0 Å². The summed E-state index contributed by atoms with van der Waals surface area (Å²) in [5.74, 6) is 0.496. The lowest BCUT2D eigenvalue weighted by Crippen LogP contribution is -2.44. The molecule has 1 fully saturated rings. The van der Waals surface area contributed by atoms with Crippen molar-refractivity contribution in [2.24, 2.45) is 0 Å². The Labute approximate surface area is 141 Å². The van der Waals surface area contributed by atoms with Crippen LogP contribution in [0, 0.1) is 0 Å². The summed E-state index contributed by atoms with van der Waals surface area (Å²) in [5, 5.41) is 14.6. The zero-order valence-electron chi connectivity index (χ0n) is 13.8. The first-order valence-corrected chi connectivity index (χ1v) is 8.62. The molecule has 0 unspecified atom stereocenters. The van der Waals surface area contributed by atoms with Gasteiger partial charge in [-0.05, 0) is 37.3 Å². The number of carbonyl (C=O) groups excluding carboxylic acids is 1. The molecule has 0 aromatic carbocycles. The molecule has 24 heavy (non-hydrogen) atoms. The predicted octanol–water partition coefficient (Wildman–Crippen LogP) is 1.80. The smallest absolute Gasteiger partial charge is 0.317 e. The lowest BCUT2D eigenvalue weighted by molar-refractivity contribution is -0.136. The molecule has 0 atom stereocenters. The molecular formula is C17H24N4O3. The number of aryl methyl sites for hydroxylation is 1. The Bertz CT molecular complexity index is 612. The topological polar surface area (TPSA) is 94.6 Å². The molecule has 3 N–H and O–H groups in total. The maximum absolute atomic E-state index is 12.0. The van der Waals surface area contributed by atoms with Crippen LogP contribution in [0.4, 0.5) is 10.6 Å². The van der Waals surface area contributed by atoms with Crippen LogP contribution in [0.1, 0.15) is 42.9 Å². The maximum atomic E-state index is 12.0. The van der Waals surface area contributed by atoms with E-state index in [0.717, 1.165) is 43.7 Å². The number of likely N-dealkylation sites (tertiary alicyclic amines) is 1. The van der Waals surface area contributed by atoms with Gasteiger partial charge in [0.05, 0.1) is 6.42 Å². The molecule has 3 heterocycles. The molecule has 3 rings (SSSR count). The number of aromatic nitrogens is 1. The van der Waals surface area contributed by atoms with Gasteiger partial charge >= 0.3 is 12.0 Å². The van der Waals surface area contributed by atoms with Gasteiger partial charge in [0.1, 0.15) is 5.82 Å². The number of hydrogen-bond donors (Lipinski definition) is 3. The van der Waals surface area contributed by atoms with Crippen LogP contribution >= 0.6 is 0 Å². The maximum Gasteiger partial charge on any atom is 0.317 e. The summed E-state index contributed by atoms with van der Waals surface area (Å²) < 4.78 is 0. The second-order valence-corrected chi connectivity index (χ2v) is 6.41. The fraction of sp³-hybridized carbons (Fsp3) is 0.588. The number of fused-ring (bicyclic) bond motifs is 1. The van der Waals surface area contributed by atoms with E-state index >= 15 is 0 Å². The lowest BCUT2D eigenvalue weighted by atomic mass is 9.92. The monoisotopic (exact) mass is 332 g/mol. The van der Waals surface area contributed by atoms with E-state index in [1.54, 1.807) is 4.90 Å². The Morgan fingerprint density at radius 3 is 2.88 bits per heavy atom. The van der Waals surface area contributed by atoms with E-state index < -0.39 is 5.97 Å². The minimum absolute atomic E-state index is 0.0474. The minimum atomic E-state index is -0.902. The van der Waals surface area contributed by atoms with Crippen LogP contribution in [-0.4, -0.2) is 53.2 Å². The third kappa shape index (κ3) is 3.96. The number of carboxylic acid groups (broad SMARTS) is 1. The normalized spacial score (nSPS) is 17.8. The first-order chi connectivity index (χ1) is 11.6. The van der Waals surface area contributed by atoms with Crippen molar-refractivity contribution in [3.63, 3.8) is 0 Å². The molecule has 2 aliphatic heterocycles. The molecule has 1 aromatic heterocycles. The number of piperidine rings is 1. The number of amides is 2. The Balaban J connectivity index is 1.51. The van der Waals surface area contributed by atoms with Crippen molar-refractivity contribution in [1.29, 1.82) is 0 Å². The van der Waals surface area contributed by atoms with Crippen molar-refractivity contribution in [2.75, 3.05) is 31.5 Å². The Kier molecular flexibility index (Phi) is 5.17. The molecule has 1 aromatic rings. The van der Waals surface area contributed by atoms with Gasteiger partial charge in [0.2, 0.25) is 0 Å². The van der Waals surface area contributed by atoms with Crippen molar-refractivity contribution in [2.45, 2.75) is 38.0 Å². The highest BCUT2D eigenvalue weighted by Gasteiger charge is 2.25. The largest absolute Gasteiger partial charge is 0.481 e. The molecule has 0 saturated carbocycles. The summed E-state index contributed by atoms with van der Waals surface area (Å²) in [4.78, 5) is 29.0. The molecule has 0 radical (unpaired) electrons. The van der Waals surface area contributed by atoms with E-state index in [0.29, 0.717) is 19.0 Å². The molecule has 7 heteroatoms. The van der Waals surface area contributed by atoms with Gasteiger partial charge in [-0.25, -0.2) is 9.78 Å². The first-order valence-electron chi connectivity index (χ1n) is 8.62. The molecular weight excluding hydrogens is 308 g/mol. The summed E-state index contributed by atoms with van der Waals surface area (Å²) in [6.07, 6.45) is 3.97. The van der Waals surface area contributed by atoms with E-state index in [9.17, 15) is 9.59 Å². The van der Waals surface area contributed by atoms with E-state index in [1.165, 1.54) is 5.56 Å². The predicted molar refractivity (Wildman–Crippen MR) is 90.2 cm³/mol. The van der Waals surface area contributed by atoms with Crippen LogP contribution in [-0.2, 0) is 11.2 Å². The zero-order valence-corrected chi connectivity index (χ0v) is 13.8. The Morgan fingerprint density at radius 1 is 1.33 bits per heavy atom. The molecule has 0 bridgehead atoms. The fourth-order valence-corrected chi connectivity index (χ4v) is 3.34. The van der Waals surface area contributed by atoms with Crippen molar-refractivity contribution >= 4 is 17.8 Å². The Hall–Kier alpha value is -2.31. The van der Waals surface area contributed by atoms with Crippen LogP contribution < -0.4 is 10.6 Å². The van der Waals surface area contributed by atoms with Gasteiger partial charge in [0.15, 0.2) is 0 Å². The van der Waals surface area contributed by atoms with E-state index in [-0.39, 0.29) is 19.0 Å². The third-order valence-corrected chi connectivity index (χ3v) is 4.73. The third-order valence-electron chi connectivity index (χ3n) is 4.73. The summed E-state index contributed by atoms with van der Waals surface area (Å²) in [5.41, 5.74) is 2.40. The number of nitrogens with one attached hydrogen (secondary N) is 2. The van der Waals surface area contributed by atoms with Gasteiger partial charge in [-0.15, -0.1) is 0 Å². The van der Waals surface area contributed by atoms with Gasteiger partial charge in [-0.3, -0.25) is 4.79 Å². The summed E-state index contributed by atoms with van der Waals surface area (Å²) in [6, 6.07) is 4.13. The second kappa shape index (κ2) is 7.51. The van der Waals surface area contributed by atoms with Crippen molar-refractivity contribution in [3.05, 3.63) is 23.4 Å². The number of rotatable bonds is 4. The highest BCUT2D eigenvalue weighted by atomic mass is 16.4. The number of anilines is 1. The molecule has 2 aliphatic rings. The summed E-state index contributed by atoms with van der Waals surface area (Å²) in [6.45, 7) is 2.51. The molecule has 1 saturated heterocycles. The number of carbonyl (C=O) groups is 2. The van der Waals surface area contributed by atoms with E-state index in [2.05, 4.69) is 22.8 Å². The van der Waals surface area contributed by atoms with Crippen molar-refractivity contribution in [1.82, 2.24) is 15.2 Å². The standard InChI is InChI=1S/C17H24N4O3/c22-15(23)5-9-19-17(24)21-10-6-12(7-11-21)14-4-3-13-2-1-8-18-16(13)20-14/h3-4,12H,1-2,5-11H2,(H,18,20)(H,19,24)(H,22,23). The molecule has 130 valence electrons. The highest BCUT2D eigenvalue weighted by Crippen LogP contribution is 2.29. The van der Waals surface area contributed by atoms with Crippen LogP contribution in [0.2, 0.25) is 0 Å². The van der Waals surface area contributed by atoms with E-state index in [1.807, 2.05) is 0 Å². The quantitative estimate of drug-likeness (QED) is 0.781. The van der Waals surface area contributed by atoms with Gasteiger partial charge < -0.3 is 20.6 Å². The average molecular weight is 332 g/mol. The second-order valence-electron chi connectivity index (χ2n) is 6.41. The van der Waals surface area contributed by atoms with Crippen LogP contribution in [0.15, 0.2) is 12.1 Å². The molecule has 7 nitrogen and oxygen atoms in total. The highest BCUT2D eigenvalue weighted by molar-refractivity contribution is 5.75. The van der Waals surface area contributed by atoms with Crippen LogP contribution in [0.25, 0.3) is 0 Å². The Morgan fingerprint density at radius 2 is 2.12 bits per heavy atom. The van der Waals surface area contributed by atoms with Crippen LogP contribution in [0.3, 0.4) is 0 Å². The number of hydrogen-bond acceptors (Lipinski definition) is 4.